The lowest BCUT2D eigenvalue weighted by atomic mass is 10.0. The van der Waals surface area contributed by atoms with E-state index in [-0.39, 0.29) is 5.91 Å². The number of carbonyl (C=O) groups excluding carboxylic acids is 1. The van der Waals surface area contributed by atoms with E-state index in [0.29, 0.717) is 35.1 Å². The molecule has 190 valence electrons. The highest BCUT2D eigenvalue weighted by Gasteiger charge is 2.16. The van der Waals surface area contributed by atoms with Crippen LogP contribution in [0, 0.1) is 0 Å². The Balaban J connectivity index is 1.35. The molecular formula is C27H33ClN6O2. The van der Waals surface area contributed by atoms with E-state index in [1.807, 2.05) is 12.4 Å². The van der Waals surface area contributed by atoms with Crippen molar-refractivity contribution in [3.8, 4) is 5.75 Å². The highest BCUT2D eigenvalue weighted by Crippen LogP contribution is 2.31. The number of aryl methyl sites for hydroxylation is 2. The number of likely N-dealkylation sites (N-methyl/N-ethyl adjacent to an activating group) is 1. The first-order valence-electron chi connectivity index (χ1n) is 12.2. The van der Waals surface area contributed by atoms with Crippen LogP contribution in [0.3, 0.4) is 0 Å². The number of rotatable bonds is 9. The van der Waals surface area contributed by atoms with Gasteiger partial charge in [0.15, 0.2) is 0 Å². The molecule has 0 radical (unpaired) electrons. The van der Waals surface area contributed by atoms with Gasteiger partial charge in [-0.05, 0) is 66.9 Å². The van der Waals surface area contributed by atoms with Crippen LogP contribution in [0.15, 0.2) is 48.8 Å². The van der Waals surface area contributed by atoms with Gasteiger partial charge in [-0.3, -0.25) is 4.79 Å². The highest BCUT2D eigenvalue weighted by atomic mass is 35.5. The van der Waals surface area contributed by atoms with Gasteiger partial charge in [0.25, 0.3) is 5.91 Å². The zero-order valence-electron chi connectivity index (χ0n) is 21.1. The molecule has 1 amide bonds. The van der Waals surface area contributed by atoms with E-state index in [1.165, 1.54) is 5.69 Å². The first-order chi connectivity index (χ1) is 17.5. The van der Waals surface area contributed by atoms with E-state index in [9.17, 15) is 4.79 Å². The molecular weight excluding hydrogens is 476 g/mol. The predicted molar refractivity (Wildman–Crippen MR) is 145 cm³/mol. The van der Waals surface area contributed by atoms with E-state index in [0.717, 1.165) is 49.5 Å². The molecule has 0 saturated carbocycles. The first kappa shape index (κ1) is 25.7. The minimum atomic E-state index is -0.183. The minimum Gasteiger partial charge on any atom is -0.495 e. The molecule has 2 aromatic carbocycles. The van der Waals surface area contributed by atoms with E-state index in [2.05, 4.69) is 61.6 Å². The fourth-order valence-electron chi connectivity index (χ4n) is 4.30. The summed E-state index contributed by atoms with van der Waals surface area (Å²) in [6, 6.07) is 11.9. The summed E-state index contributed by atoms with van der Waals surface area (Å²) in [5.74, 6) is 0.847. The summed E-state index contributed by atoms with van der Waals surface area (Å²) in [4.78, 5) is 25.9. The molecule has 1 saturated heterocycles. The maximum Gasteiger partial charge on any atom is 0.251 e. The first-order valence-corrected chi connectivity index (χ1v) is 12.6. The molecule has 9 heteroatoms. The van der Waals surface area contributed by atoms with E-state index in [4.69, 9.17) is 16.3 Å². The van der Waals surface area contributed by atoms with Crippen LogP contribution < -0.4 is 20.3 Å². The molecule has 0 atom stereocenters. The second-order valence-electron chi connectivity index (χ2n) is 8.74. The second-order valence-corrected chi connectivity index (χ2v) is 9.12. The lowest BCUT2D eigenvalue weighted by molar-refractivity contribution is 0.0962. The second kappa shape index (κ2) is 12.1. The smallest absolute Gasteiger partial charge is 0.251 e. The van der Waals surface area contributed by atoms with Crippen molar-refractivity contribution >= 4 is 34.8 Å². The Morgan fingerprint density at radius 1 is 1.06 bits per heavy atom. The van der Waals surface area contributed by atoms with Gasteiger partial charge in [-0.1, -0.05) is 18.5 Å². The van der Waals surface area contributed by atoms with Gasteiger partial charge in [-0.25, -0.2) is 9.97 Å². The minimum absolute atomic E-state index is 0.183. The van der Waals surface area contributed by atoms with Crippen LogP contribution in [0.5, 0.6) is 5.75 Å². The predicted octanol–water partition coefficient (Wildman–Crippen LogP) is 4.17. The molecule has 0 spiro atoms. The van der Waals surface area contributed by atoms with E-state index in [1.54, 1.807) is 26.3 Å². The maximum absolute atomic E-state index is 12.1. The fraction of sp³-hybridized carbons (Fsp3) is 0.370. The number of ether oxygens (including phenoxy) is 1. The Hall–Kier alpha value is -3.36. The molecule has 3 aromatic rings. The maximum atomic E-state index is 12.1. The molecule has 4 rings (SSSR count). The summed E-state index contributed by atoms with van der Waals surface area (Å²) in [6.45, 7) is 7.65. The zero-order chi connectivity index (χ0) is 25.5. The van der Waals surface area contributed by atoms with Gasteiger partial charge in [-0.15, -0.1) is 0 Å². The number of nitrogens with zero attached hydrogens (tertiary/aromatic N) is 4. The summed E-state index contributed by atoms with van der Waals surface area (Å²) < 4.78 is 5.35. The van der Waals surface area contributed by atoms with Crippen molar-refractivity contribution in [1.29, 1.82) is 0 Å². The molecule has 1 fully saturated rings. The SMILES string of the molecule is CCN1CCN(c2ccc(Nc3ncc(CCc4cc(C(=O)NC)cc(OC)c4Cl)cn3)cc2)CC1. The average molecular weight is 509 g/mol. The van der Waals surface area contributed by atoms with Crippen LogP contribution in [0.25, 0.3) is 0 Å². The van der Waals surface area contributed by atoms with Gasteiger partial charge in [0.1, 0.15) is 5.75 Å². The Labute approximate surface area is 217 Å². The Morgan fingerprint density at radius 2 is 1.75 bits per heavy atom. The quantitative estimate of drug-likeness (QED) is 0.449. The van der Waals surface area contributed by atoms with Crippen molar-refractivity contribution in [2.24, 2.45) is 0 Å². The Kier molecular flexibility index (Phi) is 8.61. The number of hydrogen-bond acceptors (Lipinski definition) is 7. The number of anilines is 3. The number of amides is 1. The normalized spacial score (nSPS) is 13.9. The fourth-order valence-corrected chi connectivity index (χ4v) is 4.58. The van der Waals surface area contributed by atoms with E-state index < -0.39 is 0 Å². The molecule has 1 aliphatic rings. The van der Waals surface area contributed by atoms with Gasteiger partial charge in [0, 0.05) is 62.6 Å². The van der Waals surface area contributed by atoms with Crippen molar-refractivity contribution in [3.05, 3.63) is 70.5 Å². The highest BCUT2D eigenvalue weighted by molar-refractivity contribution is 6.33. The Morgan fingerprint density at radius 3 is 2.36 bits per heavy atom. The van der Waals surface area contributed by atoms with Crippen molar-refractivity contribution in [1.82, 2.24) is 20.2 Å². The summed E-state index contributed by atoms with van der Waals surface area (Å²) in [5.41, 5.74) is 4.52. The Bertz CT molecular complexity index is 1160. The number of piperazine rings is 1. The van der Waals surface area contributed by atoms with Crippen molar-refractivity contribution in [2.75, 3.05) is 57.1 Å². The van der Waals surface area contributed by atoms with Crippen LogP contribution in [0.2, 0.25) is 5.02 Å². The zero-order valence-corrected chi connectivity index (χ0v) is 21.8. The number of hydrogen-bond donors (Lipinski definition) is 2. The average Bonchev–Trinajstić information content (AvgIpc) is 2.93. The summed E-state index contributed by atoms with van der Waals surface area (Å²) in [6.07, 6.45) is 4.93. The van der Waals surface area contributed by atoms with Crippen LogP contribution in [-0.2, 0) is 12.8 Å². The van der Waals surface area contributed by atoms with Crippen LogP contribution in [0.1, 0.15) is 28.4 Å². The topological polar surface area (TPSA) is 82.6 Å². The van der Waals surface area contributed by atoms with Crippen LogP contribution in [0.4, 0.5) is 17.3 Å². The van der Waals surface area contributed by atoms with Gasteiger partial charge < -0.3 is 25.2 Å². The van der Waals surface area contributed by atoms with Crippen LogP contribution in [-0.4, -0.2) is 67.7 Å². The molecule has 0 bridgehead atoms. The third kappa shape index (κ3) is 6.25. The number of halogens is 1. The number of carbonyl (C=O) groups is 1. The van der Waals surface area contributed by atoms with E-state index >= 15 is 0 Å². The third-order valence-corrected chi connectivity index (χ3v) is 6.95. The molecule has 1 aromatic heterocycles. The summed E-state index contributed by atoms with van der Waals surface area (Å²) in [7, 11) is 3.14. The van der Waals surface area contributed by atoms with Crippen molar-refractivity contribution in [2.45, 2.75) is 19.8 Å². The monoisotopic (exact) mass is 508 g/mol. The number of nitrogens with one attached hydrogen (secondary N) is 2. The van der Waals surface area contributed by atoms with Gasteiger partial charge in [-0.2, -0.15) is 0 Å². The molecule has 0 aliphatic carbocycles. The molecule has 2 N–H and O–H groups in total. The molecule has 2 heterocycles. The number of methoxy groups -OCH3 is 1. The number of aromatic nitrogens is 2. The van der Waals surface area contributed by atoms with Gasteiger partial charge in [0.2, 0.25) is 5.95 Å². The summed E-state index contributed by atoms with van der Waals surface area (Å²) >= 11 is 6.48. The van der Waals surface area contributed by atoms with Gasteiger partial charge >= 0.3 is 0 Å². The largest absolute Gasteiger partial charge is 0.495 e. The van der Waals surface area contributed by atoms with Crippen LogP contribution >= 0.6 is 11.6 Å². The molecule has 0 unspecified atom stereocenters. The number of benzene rings is 2. The lowest BCUT2D eigenvalue weighted by Crippen LogP contribution is -2.46. The lowest BCUT2D eigenvalue weighted by Gasteiger charge is -2.35. The molecule has 1 aliphatic heterocycles. The third-order valence-electron chi connectivity index (χ3n) is 6.52. The van der Waals surface area contributed by atoms with Crippen molar-refractivity contribution in [3.63, 3.8) is 0 Å². The standard InChI is InChI=1S/C27H33ClN6O2/c1-4-33-11-13-34(14-12-33)23-9-7-22(8-10-23)32-27-30-17-19(18-31-27)5-6-20-15-21(26(35)29-2)16-24(36-3)25(20)28/h7-10,15-18H,4-6,11-14H2,1-3H3,(H,29,35)(H,30,31,32). The molecule has 8 nitrogen and oxygen atoms in total. The molecule has 36 heavy (non-hydrogen) atoms. The van der Waals surface area contributed by atoms with Crippen molar-refractivity contribution < 1.29 is 9.53 Å². The van der Waals surface area contributed by atoms with Gasteiger partial charge in [0.05, 0.1) is 12.1 Å². The summed E-state index contributed by atoms with van der Waals surface area (Å²) in [5, 5.41) is 6.42.